The van der Waals surface area contributed by atoms with E-state index in [-0.39, 0.29) is 5.56 Å². The molecule has 5 nitrogen and oxygen atoms in total. The third-order valence-electron chi connectivity index (χ3n) is 3.43. The maximum absolute atomic E-state index is 12.4. The van der Waals surface area contributed by atoms with Crippen molar-refractivity contribution < 1.29 is 0 Å². The van der Waals surface area contributed by atoms with Crippen LogP contribution in [0.1, 0.15) is 20.8 Å². The molecule has 2 aromatic rings. The molecule has 0 fully saturated rings. The zero-order valence-corrected chi connectivity index (χ0v) is 14.3. The molecule has 0 spiro atoms. The van der Waals surface area contributed by atoms with Gasteiger partial charge >= 0.3 is 0 Å². The van der Waals surface area contributed by atoms with Gasteiger partial charge in [-0.15, -0.1) is 0 Å². The van der Waals surface area contributed by atoms with Gasteiger partial charge in [0.1, 0.15) is 0 Å². The van der Waals surface area contributed by atoms with Gasteiger partial charge in [-0.1, -0.05) is 11.6 Å². The number of hydrogen-bond acceptors (Lipinski definition) is 2. The Morgan fingerprint density at radius 2 is 2.09 bits per heavy atom. The second-order valence-corrected chi connectivity index (χ2v) is 5.82. The average molecular weight is 318 g/mol. The lowest BCUT2D eigenvalue weighted by molar-refractivity contribution is 0.560. The van der Waals surface area contributed by atoms with Gasteiger partial charge in [0.15, 0.2) is 5.11 Å². The average Bonchev–Trinajstić information content (AvgIpc) is 2.69. The monoisotopic (exact) mass is 318 g/mol. The maximum Gasteiger partial charge on any atom is 0.274 e. The van der Waals surface area contributed by atoms with Gasteiger partial charge in [0, 0.05) is 19.3 Å². The fraction of sp³-hybridized carbons (Fsp3) is 0.375. The highest BCUT2D eigenvalue weighted by Crippen LogP contribution is 2.17. The first-order valence-corrected chi connectivity index (χ1v) is 7.72. The van der Waals surface area contributed by atoms with Gasteiger partial charge in [-0.05, 0) is 51.2 Å². The second-order valence-electron chi connectivity index (χ2n) is 5.41. The van der Waals surface area contributed by atoms with E-state index < -0.39 is 0 Å². The van der Waals surface area contributed by atoms with E-state index in [1.165, 1.54) is 5.57 Å². The van der Waals surface area contributed by atoms with Crippen molar-refractivity contribution in [2.45, 2.75) is 27.3 Å². The van der Waals surface area contributed by atoms with Crippen LogP contribution in [0.15, 0.2) is 34.6 Å². The van der Waals surface area contributed by atoms with E-state index in [0.717, 1.165) is 17.7 Å². The molecule has 0 aliphatic rings. The Labute approximate surface area is 135 Å². The standard InChI is InChI=1S/C16H22N4OS/c1-5-17-16(22)18-12-6-7-14-13(10-12)15(21)19(4)20(14)9-8-11(2)3/h6-8,10H,5,9H2,1-4H3,(H2,17,18,22). The van der Waals surface area contributed by atoms with Crippen LogP contribution < -0.4 is 16.2 Å². The first kappa shape index (κ1) is 16.3. The van der Waals surface area contributed by atoms with Gasteiger partial charge in [-0.3, -0.25) is 14.2 Å². The third-order valence-corrected chi connectivity index (χ3v) is 3.68. The molecule has 0 saturated carbocycles. The normalized spacial score (nSPS) is 10.5. The number of nitrogens with one attached hydrogen (secondary N) is 2. The number of nitrogens with zero attached hydrogens (tertiary/aromatic N) is 2. The summed E-state index contributed by atoms with van der Waals surface area (Å²) >= 11 is 5.17. The van der Waals surface area contributed by atoms with Crippen molar-refractivity contribution in [3.8, 4) is 0 Å². The van der Waals surface area contributed by atoms with Crippen molar-refractivity contribution in [1.82, 2.24) is 14.7 Å². The van der Waals surface area contributed by atoms with E-state index in [2.05, 4.69) is 16.7 Å². The first-order valence-electron chi connectivity index (χ1n) is 7.31. The highest BCUT2D eigenvalue weighted by Gasteiger charge is 2.10. The Kier molecular flexibility index (Phi) is 5.03. The molecule has 2 N–H and O–H groups in total. The molecule has 0 aliphatic heterocycles. The lowest BCUT2D eigenvalue weighted by Crippen LogP contribution is -2.27. The summed E-state index contributed by atoms with van der Waals surface area (Å²) in [6.07, 6.45) is 2.10. The van der Waals surface area contributed by atoms with Crippen molar-refractivity contribution in [1.29, 1.82) is 0 Å². The molecule has 0 saturated heterocycles. The molecule has 0 aliphatic carbocycles. The summed E-state index contributed by atoms with van der Waals surface area (Å²) in [7, 11) is 1.79. The van der Waals surface area contributed by atoms with Gasteiger partial charge in [0.25, 0.3) is 5.56 Å². The van der Waals surface area contributed by atoms with Gasteiger partial charge < -0.3 is 10.6 Å². The number of allylic oxidation sites excluding steroid dienone is 2. The number of anilines is 1. The zero-order valence-electron chi connectivity index (χ0n) is 13.4. The number of benzene rings is 1. The molecule has 22 heavy (non-hydrogen) atoms. The lowest BCUT2D eigenvalue weighted by atomic mass is 10.2. The largest absolute Gasteiger partial charge is 0.363 e. The van der Waals surface area contributed by atoms with Crippen LogP contribution in [0, 0.1) is 0 Å². The van der Waals surface area contributed by atoms with Crippen LogP contribution in [-0.4, -0.2) is 21.0 Å². The Balaban J connectivity index is 2.42. The van der Waals surface area contributed by atoms with Crippen LogP contribution in [-0.2, 0) is 13.6 Å². The molecular weight excluding hydrogens is 296 g/mol. The molecule has 2 rings (SSSR count). The van der Waals surface area contributed by atoms with E-state index >= 15 is 0 Å². The summed E-state index contributed by atoms with van der Waals surface area (Å²) in [4.78, 5) is 12.4. The summed E-state index contributed by atoms with van der Waals surface area (Å²) in [5.74, 6) is 0. The van der Waals surface area contributed by atoms with Gasteiger partial charge in [-0.25, -0.2) is 0 Å². The van der Waals surface area contributed by atoms with Crippen molar-refractivity contribution in [3.05, 3.63) is 40.2 Å². The van der Waals surface area contributed by atoms with Crippen LogP contribution in [0.4, 0.5) is 5.69 Å². The predicted octanol–water partition coefficient (Wildman–Crippen LogP) is 2.61. The summed E-state index contributed by atoms with van der Waals surface area (Å²) in [6, 6.07) is 5.73. The Morgan fingerprint density at radius 3 is 2.73 bits per heavy atom. The maximum atomic E-state index is 12.4. The topological polar surface area (TPSA) is 51.0 Å². The minimum absolute atomic E-state index is 0.00447. The third kappa shape index (κ3) is 3.39. The van der Waals surface area contributed by atoms with E-state index in [1.807, 2.05) is 43.7 Å². The van der Waals surface area contributed by atoms with Crippen LogP contribution in [0.2, 0.25) is 0 Å². The summed E-state index contributed by atoms with van der Waals surface area (Å²) in [5.41, 5.74) is 2.96. The van der Waals surface area contributed by atoms with Crippen molar-refractivity contribution in [3.63, 3.8) is 0 Å². The molecule has 1 heterocycles. The molecule has 0 bridgehead atoms. The molecule has 0 unspecified atom stereocenters. The Hall–Kier alpha value is -2.08. The van der Waals surface area contributed by atoms with E-state index in [4.69, 9.17) is 12.2 Å². The lowest BCUT2D eigenvalue weighted by Gasteiger charge is -2.09. The van der Waals surface area contributed by atoms with E-state index in [0.29, 0.717) is 17.0 Å². The van der Waals surface area contributed by atoms with Crippen molar-refractivity contribution >= 4 is 33.9 Å². The van der Waals surface area contributed by atoms with Crippen molar-refractivity contribution in [2.24, 2.45) is 7.05 Å². The molecule has 0 atom stereocenters. The van der Waals surface area contributed by atoms with Crippen LogP contribution in [0.5, 0.6) is 0 Å². The van der Waals surface area contributed by atoms with Gasteiger partial charge in [0.2, 0.25) is 0 Å². The number of thiocarbonyl (C=S) groups is 1. The molecule has 6 heteroatoms. The zero-order chi connectivity index (χ0) is 16.3. The quantitative estimate of drug-likeness (QED) is 0.672. The second kappa shape index (κ2) is 6.79. The summed E-state index contributed by atoms with van der Waals surface area (Å²) < 4.78 is 3.62. The predicted molar refractivity (Wildman–Crippen MR) is 96.5 cm³/mol. The van der Waals surface area contributed by atoms with Gasteiger partial charge in [-0.2, -0.15) is 0 Å². The SMILES string of the molecule is CCNC(=S)Nc1ccc2c(c1)c(=O)n(C)n2CC=C(C)C. The van der Waals surface area contributed by atoms with Crippen molar-refractivity contribution in [2.75, 3.05) is 11.9 Å². The van der Waals surface area contributed by atoms with Crippen LogP contribution >= 0.6 is 12.2 Å². The Morgan fingerprint density at radius 1 is 1.36 bits per heavy atom. The molecule has 0 amide bonds. The molecule has 0 radical (unpaired) electrons. The molecule has 1 aromatic heterocycles. The van der Waals surface area contributed by atoms with Gasteiger partial charge in [0.05, 0.1) is 17.4 Å². The summed E-state index contributed by atoms with van der Waals surface area (Å²) in [6.45, 7) is 7.52. The van der Waals surface area contributed by atoms with E-state index in [9.17, 15) is 4.79 Å². The fourth-order valence-corrected chi connectivity index (χ4v) is 2.54. The fourth-order valence-electron chi connectivity index (χ4n) is 2.28. The number of fused-ring (bicyclic) bond motifs is 1. The number of aromatic nitrogens is 2. The minimum atomic E-state index is -0.00447. The van der Waals surface area contributed by atoms with Crippen LogP contribution in [0.25, 0.3) is 10.9 Å². The molecular formula is C16H22N4OS. The minimum Gasteiger partial charge on any atom is -0.363 e. The summed E-state index contributed by atoms with van der Waals surface area (Å²) in [5, 5.41) is 7.37. The highest BCUT2D eigenvalue weighted by molar-refractivity contribution is 7.80. The molecule has 118 valence electrons. The Bertz CT molecular complexity index is 781. The first-order chi connectivity index (χ1) is 10.4. The smallest absolute Gasteiger partial charge is 0.274 e. The highest BCUT2D eigenvalue weighted by atomic mass is 32.1. The van der Waals surface area contributed by atoms with E-state index in [1.54, 1.807) is 11.7 Å². The number of rotatable bonds is 4. The number of hydrogen-bond donors (Lipinski definition) is 2. The van der Waals surface area contributed by atoms with Crippen LogP contribution in [0.3, 0.4) is 0 Å². The molecule has 1 aromatic carbocycles.